The zero-order valence-electron chi connectivity index (χ0n) is 7.43. The molecule has 13 heavy (non-hydrogen) atoms. The first-order valence-electron chi connectivity index (χ1n) is 4.28. The van der Waals surface area contributed by atoms with Crippen molar-refractivity contribution in [2.75, 3.05) is 0 Å². The van der Waals surface area contributed by atoms with E-state index in [1.165, 1.54) is 0 Å². The van der Waals surface area contributed by atoms with Crippen LogP contribution in [0.3, 0.4) is 0 Å². The monoisotopic (exact) mass is 180 g/mol. The molecule has 1 aromatic carbocycles. The Morgan fingerprint density at radius 1 is 1.46 bits per heavy atom. The predicted octanol–water partition coefficient (Wildman–Crippen LogP) is 1.52. The third-order valence-corrected chi connectivity index (χ3v) is 1.94. The fourth-order valence-electron chi connectivity index (χ4n) is 1.30. The number of hydrogen-bond donors (Lipinski definition) is 1. The minimum Gasteiger partial charge on any atom is -0.465 e. The summed E-state index contributed by atoms with van der Waals surface area (Å²) < 4.78 is 10.5. The summed E-state index contributed by atoms with van der Waals surface area (Å²) in [7, 11) is 0. The van der Waals surface area contributed by atoms with E-state index < -0.39 is 5.79 Å². The summed E-state index contributed by atoms with van der Waals surface area (Å²) >= 11 is 0. The third-order valence-electron chi connectivity index (χ3n) is 1.94. The van der Waals surface area contributed by atoms with E-state index in [1.54, 1.807) is 6.92 Å². The number of benzene rings is 1. The predicted molar refractivity (Wildman–Crippen MR) is 47.2 cm³/mol. The molecule has 0 spiro atoms. The average Bonchev–Trinajstić information content (AvgIpc) is 2.03. The van der Waals surface area contributed by atoms with Crippen LogP contribution in [0.4, 0.5) is 0 Å². The lowest BCUT2D eigenvalue weighted by molar-refractivity contribution is -0.358. The van der Waals surface area contributed by atoms with Crippen LogP contribution in [0.1, 0.15) is 13.3 Å². The quantitative estimate of drug-likeness (QED) is 0.750. The van der Waals surface area contributed by atoms with Gasteiger partial charge in [-0.15, -0.1) is 0 Å². The molecule has 2 atom stereocenters. The van der Waals surface area contributed by atoms with Gasteiger partial charge < -0.3 is 14.6 Å². The van der Waals surface area contributed by atoms with E-state index in [0.29, 0.717) is 6.42 Å². The molecule has 0 bridgehead atoms. The summed E-state index contributed by atoms with van der Waals surface area (Å²) in [4.78, 5) is 0. The molecule has 3 nitrogen and oxygen atoms in total. The average molecular weight is 180 g/mol. The number of aliphatic hydroxyl groups is 1. The zero-order chi connectivity index (χ0) is 9.31. The normalized spacial score (nSPS) is 32.3. The van der Waals surface area contributed by atoms with Crippen molar-refractivity contribution in [3.63, 3.8) is 0 Å². The van der Waals surface area contributed by atoms with Crippen LogP contribution < -0.4 is 4.74 Å². The Morgan fingerprint density at radius 3 is 2.62 bits per heavy atom. The summed E-state index contributed by atoms with van der Waals surface area (Å²) in [6.07, 6.45) is 0.208. The Hall–Kier alpha value is -1.06. The van der Waals surface area contributed by atoms with Crippen molar-refractivity contribution in [2.24, 2.45) is 0 Å². The van der Waals surface area contributed by atoms with Gasteiger partial charge in [-0.1, -0.05) is 18.2 Å². The molecule has 0 aromatic heterocycles. The standard InChI is InChI=1S/C10H12O3/c1-10(11)7-9(13-10)12-8-5-3-2-4-6-8/h2-6,9,11H,7H2,1H3. The minimum absolute atomic E-state index is 0.308. The van der Waals surface area contributed by atoms with Crippen molar-refractivity contribution in [2.45, 2.75) is 25.4 Å². The van der Waals surface area contributed by atoms with E-state index in [1.807, 2.05) is 30.3 Å². The van der Waals surface area contributed by atoms with Gasteiger partial charge in [0.15, 0.2) is 5.79 Å². The first kappa shape index (κ1) is 8.53. The molecule has 2 unspecified atom stereocenters. The van der Waals surface area contributed by atoms with Crippen LogP contribution in [0.15, 0.2) is 30.3 Å². The lowest BCUT2D eigenvalue weighted by atomic mass is 10.1. The summed E-state index contributed by atoms with van der Waals surface area (Å²) in [5.74, 6) is -0.234. The van der Waals surface area contributed by atoms with Gasteiger partial charge >= 0.3 is 0 Å². The van der Waals surface area contributed by atoms with Crippen LogP contribution >= 0.6 is 0 Å². The molecule has 70 valence electrons. The van der Waals surface area contributed by atoms with E-state index in [4.69, 9.17) is 9.47 Å². The van der Waals surface area contributed by atoms with Crippen LogP contribution in [0.5, 0.6) is 5.75 Å². The lowest BCUT2D eigenvalue weighted by Gasteiger charge is -2.40. The van der Waals surface area contributed by atoms with E-state index in [9.17, 15) is 5.11 Å². The number of para-hydroxylation sites is 1. The molecule has 2 rings (SSSR count). The van der Waals surface area contributed by atoms with Crippen molar-refractivity contribution in [1.29, 1.82) is 0 Å². The lowest BCUT2D eigenvalue weighted by Crippen LogP contribution is -2.50. The summed E-state index contributed by atoms with van der Waals surface area (Å²) in [6.45, 7) is 1.62. The van der Waals surface area contributed by atoms with Gasteiger partial charge in [0, 0.05) is 0 Å². The maximum Gasteiger partial charge on any atom is 0.207 e. The number of ether oxygens (including phenoxy) is 2. The highest BCUT2D eigenvalue weighted by molar-refractivity contribution is 5.21. The number of hydrogen-bond acceptors (Lipinski definition) is 3. The van der Waals surface area contributed by atoms with E-state index in [-0.39, 0.29) is 6.29 Å². The Kier molecular flexibility index (Phi) is 1.98. The topological polar surface area (TPSA) is 38.7 Å². The van der Waals surface area contributed by atoms with Crippen LogP contribution in [-0.2, 0) is 4.74 Å². The Morgan fingerprint density at radius 2 is 2.08 bits per heavy atom. The second kappa shape index (κ2) is 3.01. The van der Waals surface area contributed by atoms with Crippen LogP contribution in [0.25, 0.3) is 0 Å². The molecule has 3 heteroatoms. The smallest absolute Gasteiger partial charge is 0.207 e. The van der Waals surface area contributed by atoms with Gasteiger partial charge in [0.2, 0.25) is 6.29 Å². The molecule has 1 heterocycles. The van der Waals surface area contributed by atoms with E-state index in [2.05, 4.69) is 0 Å². The Labute approximate surface area is 76.9 Å². The van der Waals surface area contributed by atoms with Gasteiger partial charge in [-0.05, 0) is 19.1 Å². The first-order valence-corrected chi connectivity index (χ1v) is 4.28. The molecule has 0 aliphatic carbocycles. The zero-order valence-corrected chi connectivity index (χ0v) is 7.43. The first-order chi connectivity index (χ1) is 6.16. The van der Waals surface area contributed by atoms with Crippen molar-refractivity contribution in [3.05, 3.63) is 30.3 Å². The number of rotatable bonds is 2. The van der Waals surface area contributed by atoms with Crippen molar-refractivity contribution in [3.8, 4) is 5.75 Å². The molecule has 1 aliphatic rings. The van der Waals surface area contributed by atoms with Gasteiger partial charge in [0.25, 0.3) is 0 Å². The molecular formula is C10H12O3. The molecule has 1 aliphatic heterocycles. The van der Waals surface area contributed by atoms with Gasteiger partial charge in [-0.25, -0.2) is 0 Å². The molecule has 1 fully saturated rings. The highest BCUT2D eigenvalue weighted by Gasteiger charge is 2.41. The van der Waals surface area contributed by atoms with Gasteiger partial charge in [0.1, 0.15) is 5.75 Å². The van der Waals surface area contributed by atoms with Crippen molar-refractivity contribution >= 4 is 0 Å². The van der Waals surface area contributed by atoms with E-state index >= 15 is 0 Å². The highest BCUT2D eigenvalue weighted by Crippen LogP contribution is 2.30. The molecule has 1 saturated heterocycles. The summed E-state index contributed by atoms with van der Waals surface area (Å²) in [5.41, 5.74) is 0. The largest absolute Gasteiger partial charge is 0.465 e. The van der Waals surface area contributed by atoms with Crippen molar-refractivity contribution in [1.82, 2.24) is 0 Å². The van der Waals surface area contributed by atoms with Crippen molar-refractivity contribution < 1.29 is 14.6 Å². The molecule has 1 N–H and O–H groups in total. The van der Waals surface area contributed by atoms with Crippen LogP contribution in [-0.4, -0.2) is 17.2 Å². The Bertz CT molecular complexity index is 273. The van der Waals surface area contributed by atoms with E-state index in [0.717, 1.165) is 5.75 Å². The Balaban J connectivity index is 1.88. The van der Waals surface area contributed by atoms with Gasteiger partial charge in [-0.2, -0.15) is 0 Å². The summed E-state index contributed by atoms with van der Waals surface area (Å²) in [6, 6.07) is 9.43. The highest BCUT2D eigenvalue weighted by atomic mass is 16.8. The molecular weight excluding hydrogens is 168 g/mol. The molecule has 1 aromatic rings. The summed E-state index contributed by atoms with van der Waals surface area (Å²) in [5, 5.41) is 9.26. The molecule has 0 amide bonds. The fourth-order valence-corrected chi connectivity index (χ4v) is 1.30. The maximum absolute atomic E-state index is 9.26. The fraction of sp³-hybridized carbons (Fsp3) is 0.400. The molecule has 0 radical (unpaired) electrons. The maximum atomic E-state index is 9.26. The second-order valence-electron chi connectivity index (χ2n) is 3.36. The second-order valence-corrected chi connectivity index (χ2v) is 3.36. The van der Waals surface area contributed by atoms with Crippen LogP contribution in [0.2, 0.25) is 0 Å². The SMILES string of the molecule is CC1(O)CC(Oc2ccccc2)O1. The molecule has 0 saturated carbocycles. The van der Waals surface area contributed by atoms with Crippen LogP contribution in [0, 0.1) is 0 Å². The van der Waals surface area contributed by atoms with Gasteiger partial charge in [-0.3, -0.25) is 0 Å². The van der Waals surface area contributed by atoms with Gasteiger partial charge in [0.05, 0.1) is 6.42 Å². The third kappa shape index (κ3) is 1.99. The minimum atomic E-state index is -1.00.